The van der Waals surface area contributed by atoms with E-state index in [1.165, 1.54) is 20.8 Å². The maximum absolute atomic E-state index is 12.3. The Bertz CT molecular complexity index is 1580. The fourth-order valence-electron chi connectivity index (χ4n) is 6.17. The van der Waals surface area contributed by atoms with Crippen LogP contribution in [0.3, 0.4) is 0 Å². The van der Waals surface area contributed by atoms with Crippen LogP contribution in [0, 0.1) is 0 Å². The zero-order chi connectivity index (χ0) is 37.7. The largest absolute Gasteiger partial charge is 0.463 e. The van der Waals surface area contributed by atoms with Crippen molar-refractivity contribution in [1.82, 2.24) is 0 Å². The Hall–Kier alpha value is -4.25. The smallest absolute Gasteiger partial charge is 0.303 e. The molecule has 2 fully saturated rings. The Labute approximate surface area is 308 Å². The first-order valence-corrected chi connectivity index (χ1v) is 17.4. The first-order chi connectivity index (χ1) is 25.6. The number of rotatable bonds is 16. The molecule has 0 spiro atoms. The summed E-state index contributed by atoms with van der Waals surface area (Å²) in [6.07, 6.45) is -10.6. The van der Waals surface area contributed by atoms with Gasteiger partial charge < -0.3 is 53.5 Å². The molecular formula is C39H47NO13. The highest BCUT2D eigenvalue weighted by molar-refractivity contribution is 5.68. The summed E-state index contributed by atoms with van der Waals surface area (Å²) >= 11 is 0. The first kappa shape index (κ1) is 39.9. The highest BCUT2D eigenvalue weighted by Crippen LogP contribution is 2.34. The van der Waals surface area contributed by atoms with Crippen LogP contribution in [0.4, 0.5) is 0 Å². The van der Waals surface area contributed by atoms with E-state index in [9.17, 15) is 19.5 Å². The molecule has 286 valence electrons. The van der Waals surface area contributed by atoms with Gasteiger partial charge >= 0.3 is 17.9 Å². The van der Waals surface area contributed by atoms with Gasteiger partial charge in [0.15, 0.2) is 24.8 Å². The van der Waals surface area contributed by atoms with Crippen LogP contribution in [0.2, 0.25) is 0 Å². The third-order valence-electron chi connectivity index (χ3n) is 8.61. The van der Waals surface area contributed by atoms with Crippen molar-refractivity contribution in [3.8, 4) is 0 Å². The Morgan fingerprint density at radius 1 is 0.604 bits per heavy atom. The van der Waals surface area contributed by atoms with Crippen LogP contribution in [0.5, 0.6) is 0 Å². The second kappa shape index (κ2) is 19.7. The van der Waals surface area contributed by atoms with E-state index in [2.05, 4.69) is 0 Å². The molecule has 0 aromatic heterocycles. The number of ether oxygens (including phenoxy) is 9. The SMILES string of the molecule is CC(=O)OC[C@H]1O[C@@H](O[C@H]2[C@H](OCc3ccccc3)[C@@H](OCc3ccccc3)[C@@H](O)O[C@@H]2COCc2ccccc2)[C@H](N)[C@@H](OC(C)=O)[C@@H]1OC(C)=O. The normalized spacial score (nSPS) is 28.5. The number of benzene rings is 3. The Morgan fingerprint density at radius 2 is 1.09 bits per heavy atom. The summed E-state index contributed by atoms with van der Waals surface area (Å²) in [5, 5.41) is 11.5. The second-order valence-electron chi connectivity index (χ2n) is 12.8. The van der Waals surface area contributed by atoms with Gasteiger partial charge in [-0.05, 0) is 16.7 Å². The van der Waals surface area contributed by atoms with Crippen molar-refractivity contribution in [3.05, 3.63) is 108 Å². The van der Waals surface area contributed by atoms with Crippen LogP contribution in [0.25, 0.3) is 0 Å². The molecule has 0 aliphatic carbocycles. The van der Waals surface area contributed by atoms with Gasteiger partial charge in [-0.1, -0.05) is 91.0 Å². The number of nitrogens with two attached hydrogens (primary N) is 1. The summed E-state index contributed by atoms with van der Waals surface area (Å²) in [4.78, 5) is 36.3. The number of carbonyl (C=O) groups excluding carboxylic acids is 3. The first-order valence-electron chi connectivity index (χ1n) is 17.4. The Balaban J connectivity index is 1.48. The van der Waals surface area contributed by atoms with Crippen LogP contribution in [-0.2, 0) is 76.8 Å². The molecule has 3 N–H and O–H groups in total. The summed E-state index contributed by atoms with van der Waals surface area (Å²) in [6.45, 7) is 3.59. The van der Waals surface area contributed by atoms with Gasteiger partial charge in [0, 0.05) is 20.8 Å². The van der Waals surface area contributed by atoms with Crippen molar-refractivity contribution in [3.63, 3.8) is 0 Å². The van der Waals surface area contributed by atoms with Crippen molar-refractivity contribution in [2.24, 2.45) is 5.73 Å². The number of aliphatic hydroxyl groups excluding tert-OH is 1. The van der Waals surface area contributed by atoms with Gasteiger partial charge in [-0.2, -0.15) is 0 Å². The standard InChI is InChI=1S/C39H47NO13/c1-24(41)46-23-31-33(49-25(2)42)35(50-26(3)43)32(40)39(52-31)53-34-30(22-45-19-27-13-7-4-8-14-27)51-38(44)37(48-21-29-17-11-6-12-18-29)36(34)47-20-28-15-9-5-10-16-28/h4-18,30-39,44H,19-23,40H2,1-3H3/t30-,31-,32-,33-,34-,35-,36+,37-,38+,39+/m1/s1. The lowest BCUT2D eigenvalue weighted by Gasteiger charge is -2.48. The van der Waals surface area contributed by atoms with E-state index in [-0.39, 0.29) is 33.0 Å². The molecule has 53 heavy (non-hydrogen) atoms. The maximum Gasteiger partial charge on any atom is 0.303 e. The predicted octanol–water partition coefficient (Wildman–Crippen LogP) is 2.96. The molecule has 2 saturated heterocycles. The van der Waals surface area contributed by atoms with Gasteiger partial charge in [0.2, 0.25) is 0 Å². The zero-order valence-electron chi connectivity index (χ0n) is 29.9. The van der Waals surface area contributed by atoms with Gasteiger partial charge in [0.05, 0.1) is 32.5 Å². The van der Waals surface area contributed by atoms with Gasteiger partial charge in [-0.15, -0.1) is 0 Å². The molecule has 5 rings (SSSR count). The molecule has 2 aliphatic heterocycles. The van der Waals surface area contributed by atoms with E-state index in [4.69, 9.17) is 48.4 Å². The average molecular weight is 738 g/mol. The van der Waals surface area contributed by atoms with E-state index < -0.39 is 79.3 Å². The molecule has 0 unspecified atom stereocenters. The number of esters is 3. The van der Waals surface area contributed by atoms with Crippen molar-refractivity contribution < 1.29 is 62.1 Å². The second-order valence-corrected chi connectivity index (χ2v) is 12.8. The highest BCUT2D eigenvalue weighted by Gasteiger charge is 2.54. The summed E-state index contributed by atoms with van der Waals surface area (Å²) in [7, 11) is 0. The number of carbonyl (C=O) groups is 3. The number of hydrogen-bond donors (Lipinski definition) is 2. The summed E-state index contributed by atoms with van der Waals surface area (Å²) in [5.41, 5.74) is 9.28. The lowest BCUT2D eigenvalue weighted by atomic mass is 9.95. The molecule has 2 heterocycles. The summed E-state index contributed by atoms with van der Waals surface area (Å²) in [6, 6.07) is 27.1. The molecule has 14 nitrogen and oxygen atoms in total. The Morgan fingerprint density at radius 3 is 1.62 bits per heavy atom. The maximum atomic E-state index is 12.3. The summed E-state index contributed by atoms with van der Waals surface area (Å²) < 4.78 is 54.3. The number of aliphatic hydroxyl groups is 1. The quantitative estimate of drug-likeness (QED) is 0.162. The molecule has 0 saturated carbocycles. The minimum absolute atomic E-state index is 0.0600. The Kier molecular flexibility index (Phi) is 14.9. The predicted molar refractivity (Wildman–Crippen MR) is 186 cm³/mol. The monoisotopic (exact) mass is 737 g/mol. The van der Waals surface area contributed by atoms with Crippen molar-refractivity contribution in [1.29, 1.82) is 0 Å². The third kappa shape index (κ3) is 11.6. The van der Waals surface area contributed by atoms with Crippen molar-refractivity contribution in [2.75, 3.05) is 13.2 Å². The molecule has 0 radical (unpaired) electrons. The molecular weight excluding hydrogens is 690 g/mol. The van der Waals surface area contributed by atoms with Crippen molar-refractivity contribution in [2.45, 2.75) is 102 Å². The van der Waals surface area contributed by atoms with Gasteiger partial charge in [-0.3, -0.25) is 14.4 Å². The van der Waals surface area contributed by atoms with Crippen LogP contribution in [-0.4, -0.2) is 97.6 Å². The van der Waals surface area contributed by atoms with E-state index in [0.717, 1.165) is 16.7 Å². The molecule has 10 atom stereocenters. The minimum Gasteiger partial charge on any atom is -0.463 e. The summed E-state index contributed by atoms with van der Waals surface area (Å²) in [5.74, 6) is -2.03. The lowest BCUT2D eigenvalue weighted by Crippen LogP contribution is -2.68. The fraction of sp³-hybridized carbons (Fsp3) is 0.462. The van der Waals surface area contributed by atoms with Gasteiger partial charge in [-0.25, -0.2) is 0 Å². The van der Waals surface area contributed by atoms with E-state index in [1.54, 1.807) is 0 Å². The molecule has 0 amide bonds. The van der Waals surface area contributed by atoms with E-state index in [0.29, 0.717) is 0 Å². The molecule has 3 aromatic carbocycles. The van der Waals surface area contributed by atoms with E-state index >= 15 is 0 Å². The molecule has 3 aromatic rings. The van der Waals surface area contributed by atoms with Crippen molar-refractivity contribution >= 4 is 17.9 Å². The van der Waals surface area contributed by atoms with E-state index in [1.807, 2.05) is 91.0 Å². The van der Waals surface area contributed by atoms with Crippen LogP contribution < -0.4 is 5.73 Å². The van der Waals surface area contributed by atoms with Crippen LogP contribution in [0.15, 0.2) is 91.0 Å². The molecule has 0 bridgehead atoms. The van der Waals surface area contributed by atoms with Gasteiger partial charge in [0.25, 0.3) is 0 Å². The molecule has 2 aliphatic rings. The van der Waals surface area contributed by atoms with Crippen LogP contribution in [0.1, 0.15) is 37.5 Å². The lowest BCUT2D eigenvalue weighted by molar-refractivity contribution is -0.352. The average Bonchev–Trinajstić information content (AvgIpc) is 3.14. The zero-order valence-corrected chi connectivity index (χ0v) is 29.9. The minimum atomic E-state index is -1.47. The number of hydrogen-bond acceptors (Lipinski definition) is 14. The topological polar surface area (TPSA) is 181 Å². The van der Waals surface area contributed by atoms with Crippen LogP contribution >= 0.6 is 0 Å². The van der Waals surface area contributed by atoms with Gasteiger partial charge in [0.1, 0.15) is 37.1 Å². The third-order valence-corrected chi connectivity index (χ3v) is 8.61. The highest BCUT2D eigenvalue weighted by atomic mass is 16.7. The fourth-order valence-corrected chi connectivity index (χ4v) is 6.17. The molecule has 14 heteroatoms.